The summed E-state index contributed by atoms with van der Waals surface area (Å²) in [5.74, 6) is -0.677. The van der Waals surface area contributed by atoms with Crippen LogP contribution in [-0.4, -0.2) is 78.7 Å². The van der Waals surface area contributed by atoms with Gasteiger partial charge in [-0.2, -0.15) is 9.37 Å². The summed E-state index contributed by atoms with van der Waals surface area (Å²) in [7, 11) is 4.91. The van der Waals surface area contributed by atoms with Crippen LogP contribution in [0, 0.1) is 5.95 Å². The first-order valence-corrected chi connectivity index (χ1v) is 14.4. The maximum atomic E-state index is 15.3. The quantitative estimate of drug-likeness (QED) is 0.268. The fourth-order valence-electron chi connectivity index (χ4n) is 5.68. The monoisotopic (exact) mass is 585 g/mol. The Labute approximate surface area is 251 Å². The van der Waals surface area contributed by atoms with Gasteiger partial charge in [0.15, 0.2) is 0 Å². The molecule has 1 amide bonds. The van der Waals surface area contributed by atoms with Crippen LogP contribution in [0.2, 0.25) is 0 Å². The number of aromatic carboxylic acids is 1. The number of fused-ring (bicyclic) bond motifs is 1. The second kappa shape index (κ2) is 13.2. The van der Waals surface area contributed by atoms with Gasteiger partial charge in [0.2, 0.25) is 17.7 Å². The van der Waals surface area contributed by atoms with Crippen LogP contribution < -0.4 is 9.47 Å². The standard InChI is InChI=1S/C34H36FN3O5/c1-37(2)31(39)8-5-18-38-19-17-26(21-38)43-25-12-9-22(10-13-25)32-27-14-11-24(34(40)41)20-23(27)6-4-7-28(32)29-15-16-30(42-3)36-33(29)35/h5,8-16,20,26H,4,6-7,17-19,21H2,1-3H3,(H,40,41)/b8-5+/t26-/m0/s1. The lowest BCUT2D eigenvalue weighted by Crippen LogP contribution is -2.25. The number of amides is 1. The molecule has 2 aromatic carbocycles. The van der Waals surface area contributed by atoms with Crippen molar-refractivity contribution >= 4 is 23.0 Å². The van der Waals surface area contributed by atoms with Gasteiger partial charge in [0.05, 0.1) is 12.7 Å². The molecule has 8 nitrogen and oxygen atoms in total. The molecule has 1 aromatic heterocycles. The van der Waals surface area contributed by atoms with Crippen LogP contribution in [0.25, 0.3) is 11.1 Å². The number of ether oxygens (including phenoxy) is 2. The zero-order valence-corrected chi connectivity index (χ0v) is 24.7. The Kier molecular flexibility index (Phi) is 9.21. The number of allylic oxidation sites excluding steroid dienone is 1. The normalized spacial score (nSPS) is 17.1. The smallest absolute Gasteiger partial charge is 0.335 e. The summed E-state index contributed by atoms with van der Waals surface area (Å²) in [5, 5.41) is 9.59. The first kappa shape index (κ1) is 30.0. The molecule has 0 saturated carbocycles. The van der Waals surface area contributed by atoms with E-state index in [1.54, 1.807) is 49.3 Å². The van der Waals surface area contributed by atoms with E-state index in [1.165, 1.54) is 7.11 Å². The van der Waals surface area contributed by atoms with E-state index < -0.39 is 11.9 Å². The van der Waals surface area contributed by atoms with Crippen molar-refractivity contribution in [1.29, 1.82) is 0 Å². The average molecular weight is 586 g/mol. The predicted octanol–water partition coefficient (Wildman–Crippen LogP) is 5.32. The van der Waals surface area contributed by atoms with E-state index in [-0.39, 0.29) is 23.5 Å². The summed E-state index contributed by atoms with van der Waals surface area (Å²) in [6, 6.07) is 16.3. The van der Waals surface area contributed by atoms with Crippen LogP contribution in [0.1, 0.15) is 51.9 Å². The fraction of sp³-hybridized carbons (Fsp3) is 0.324. The number of halogens is 1. The van der Waals surface area contributed by atoms with Gasteiger partial charge >= 0.3 is 5.97 Å². The maximum Gasteiger partial charge on any atom is 0.335 e. The van der Waals surface area contributed by atoms with Gasteiger partial charge in [0.25, 0.3) is 0 Å². The highest BCUT2D eigenvalue weighted by Gasteiger charge is 2.25. The predicted molar refractivity (Wildman–Crippen MR) is 163 cm³/mol. The van der Waals surface area contributed by atoms with Crippen molar-refractivity contribution in [1.82, 2.24) is 14.8 Å². The molecule has 1 atom stereocenters. The van der Waals surface area contributed by atoms with Crippen molar-refractivity contribution in [3.8, 4) is 11.6 Å². The number of carboxylic acid groups (broad SMARTS) is 1. The highest BCUT2D eigenvalue weighted by Crippen LogP contribution is 2.41. The Morgan fingerprint density at radius 1 is 1.09 bits per heavy atom. The highest BCUT2D eigenvalue weighted by molar-refractivity contribution is 6.00. The van der Waals surface area contributed by atoms with Crippen molar-refractivity contribution in [2.75, 3.05) is 40.8 Å². The lowest BCUT2D eigenvalue weighted by atomic mass is 9.87. The minimum atomic E-state index is -0.978. The molecule has 0 radical (unpaired) electrons. The lowest BCUT2D eigenvalue weighted by molar-refractivity contribution is -0.123. The fourth-order valence-corrected chi connectivity index (χ4v) is 5.68. The summed E-state index contributed by atoms with van der Waals surface area (Å²) in [6.07, 6.45) is 6.40. The van der Waals surface area contributed by atoms with Gasteiger partial charge in [0.1, 0.15) is 11.9 Å². The van der Waals surface area contributed by atoms with Gasteiger partial charge in [-0.1, -0.05) is 24.3 Å². The van der Waals surface area contributed by atoms with Crippen molar-refractivity contribution in [3.63, 3.8) is 0 Å². The first-order valence-electron chi connectivity index (χ1n) is 14.4. The van der Waals surface area contributed by atoms with Gasteiger partial charge in [-0.15, -0.1) is 0 Å². The molecule has 9 heteroatoms. The molecule has 224 valence electrons. The largest absolute Gasteiger partial charge is 0.489 e. The van der Waals surface area contributed by atoms with Gasteiger partial charge < -0.3 is 19.5 Å². The number of likely N-dealkylation sites (tertiary alicyclic amines) is 1. The van der Waals surface area contributed by atoms with E-state index in [1.807, 2.05) is 36.4 Å². The zero-order chi connectivity index (χ0) is 30.5. The van der Waals surface area contributed by atoms with Crippen molar-refractivity contribution < 1.29 is 28.6 Å². The van der Waals surface area contributed by atoms with Crippen LogP contribution in [0.15, 0.2) is 66.7 Å². The summed E-state index contributed by atoms with van der Waals surface area (Å²) >= 11 is 0. The molecular weight excluding hydrogens is 549 g/mol. The minimum absolute atomic E-state index is 0.0324. The molecule has 0 unspecified atom stereocenters. The number of carbonyl (C=O) groups excluding carboxylic acids is 1. The summed E-state index contributed by atoms with van der Waals surface area (Å²) in [5.41, 5.74) is 4.98. The van der Waals surface area contributed by atoms with Gasteiger partial charge in [-0.3, -0.25) is 9.69 Å². The summed E-state index contributed by atoms with van der Waals surface area (Å²) in [4.78, 5) is 31.3. The van der Waals surface area contributed by atoms with Gasteiger partial charge in [0, 0.05) is 51.4 Å². The highest BCUT2D eigenvalue weighted by atomic mass is 19.1. The topological polar surface area (TPSA) is 92.2 Å². The first-order chi connectivity index (χ1) is 20.7. The Balaban J connectivity index is 1.42. The van der Waals surface area contributed by atoms with Crippen molar-refractivity contribution in [2.45, 2.75) is 31.8 Å². The third-order valence-corrected chi connectivity index (χ3v) is 7.89. The van der Waals surface area contributed by atoms with Crippen molar-refractivity contribution in [3.05, 3.63) is 101 Å². The SMILES string of the molecule is COc1ccc(C2=C(c3ccc(O[C@H]4CCN(C/C=C/C(=O)N(C)C)C4)cc3)c3ccc(C(=O)O)cc3CCC2)c(F)n1. The molecule has 5 rings (SSSR count). The minimum Gasteiger partial charge on any atom is -0.489 e. The number of rotatable bonds is 9. The molecule has 1 N–H and O–H groups in total. The third-order valence-electron chi connectivity index (χ3n) is 7.89. The van der Waals surface area contributed by atoms with Crippen molar-refractivity contribution in [2.24, 2.45) is 0 Å². The molecule has 1 aliphatic heterocycles. The molecular formula is C34H36FN3O5. The number of carboxylic acids is 1. The number of nitrogens with zero attached hydrogens (tertiary/aromatic N) is 3. The van der Waals surface area contributed by atoms with E-state index in [0.717, 1.165) is 59.5 Å². The molecule has 3 aromatic rings. The van der Waals surface area contributed by atoms with E-state index in [0.29, 0.717) is 24.9 Å². The van der Waals surface area contributed by atoms with E-state index in [4.69, 9.17) is 9.47 Å². The van der Waals surface area contributed by atoms with Crippen LogP contribution >= 0.6 is 0 Å². The number of hydrogen-bond donors (Lipinski definition) is 1. The molecule has 2 heterocycles. The summed E-state index contributed by atoms with van der Waals surface area (Å²) in [6.45, 7) is 2.34. The van der Waals surface area contributed by atoms with Crippen LogP contribution in [0.3, 0.4) is 0 Å². The zero-order valence-electron chi connectivity index (χ0n) is 24.7. The molecule has 1 saturated heterocycles. The van der Waals surface area contributed by atoms with Crippen LogP contribution in [-0.2, 0) is 11.2 Å². The number of likely N-dealkylation sites (N-methyl/N-ethyl adjacent to an activating group) is 1. The number of pyridine rings is 1. The maximum absolute atomic E-state index is 15.3. The Morgan fingerprint density at radius 3 is 2.56 bits per heavy atom. The Bertz CT molecular complexity index is 1560. The second-order valence-electron chi connectivity index (χ2n) is 11.0. The molecule has 0 spiro atoms. The van der Waals surface area contributed by atoms with Crippen LogP contribution in [0.4, 0.5) is 4.39 Å². The number of hydrogen-bond acceptors (Lipinski definition) is 6. The average Bonchev–Trinajstić information content (AvgIpc) is 3.35. The van der Waals surface area contributed by atoms with Gasteiger partial charge in [-0.05, 0) is 83.9 Å². The van der Waals surface area contributed by atoms with E-state index in [9.17, 15) is 14.7 Å². The number of carbonyl (C=O) groups is 2. The molecule has 2 aliphatic rings. The third kappa shape index (κ3) is 6.94. The molecule has 1 fully saturated rings. The lowest BCUT2D eigenvalue weighted by Gasteiger charge is -2.19. The number of methoxy groups -OCH3 is 1. The van der Waals surface area contributed by atoms with Gasteiger partial charge in [-0.25, -0.2) is 4.79 Å². The van der Waals surface area contributed by atoms with Crippen LogP contribution in [0.5, 0.6) is 11.6 Å². The molecule has 1 aliphatic carbocycles. The van der Waals surface area contributed by atoms with E-state index in [2.05, 4.69) is 9.88 Å². The number of aromatic nitrogens is 1. The number of aryl methyl sites for hydroxylation is 1. The number of benzene rings is 2. The Morgan fingerprint density at radius 2 is 1.86 bits per heavy atom. The second-order valence-corrected chi connectivity index (χ2v) is 11.0. The molecule has 0 bridgehead atoms. The summed E-state index contributed by atoms with van der Waals surface area (Å²) < 4.78 is 26.7. The van der Waals surface area contributed by atoms with E-state index >= 15 is 4.39 Å². The Hall–Kier alpha value is -4.50. The molecule has 43 heavy (non-hydrogen) atoms.